The van der Waals surface area contributed by atoms with Crippen LogP contribution in [0.2, 0.25) is 4.34 Å². The Kier molecular flexibility index (Phi) is 5.73. The maximum atomic E-state index is 12.3. The smallest absolute Gasteiger partial charge is 0.414 e. The predicted molar refractivity (Wildman–Crippen MR) is 112 cm³/mol. The zero-order valence-electron chi connectivity index (χ0n) is 15.6. The number of carbonyl (C=O) groups excluding carboxylic acids is 3. The highest BCUT2D eigenvalue weighted by Crippen LogP contribution is 2.27. The first kappa shape index (κ1) is 19.7. The highest BCUT2D eigenvalue weighted by Gasteiger charge is 2.32. The molecule has 9 heteroatoms. The molecule has 0 aliphatic carbocycles. The third kappa shape index (κ3) is 4.38. The molecule has 1 unspecified atom stereocenters. The number of carbonyl (C=O) groups is 3. The van der Waals surface area contributed by atoms with Crippen LogP contribution in [0.4, 0.5) is 16.2 Å². The van der Waals surface area contributed by atoms with Crippen LogP contribution < -0.4 is 15.1 Å². The Morgan fingerprint density at radius 2 is 1.83 bits per heavy atom. The second-order valence-electron chi connectivity index (χ2n) is 6.95. The van der Waals surface area contributed by atoms with Crippen LogP contribution in [0.1, 0.15) is 28.9 Å². The lowest BCUT2D eigenvalue weighted by Crippen LogP contribution is -2.35. The van der Waals surface area contributed by atoms with E-state index in [1.165, 1.54) is 16.2 Å². The summed E-state index contributed by atoms with van der Waals surface area (Å²) in [7, 11) is 0. The molecular formula is C20H20ClN3O4S. The van der Waals surface area contributed by atoms with E-state index in [0.717, 1.165) is 25.1 Å². The molecule has 0 spiro atoms. The Labute approximate surface area is 177 Å². The van der Waals surface area contributed by atoms with Gasteiger partial charge in [-0.05, 0) is 49.2 Å². The van der Waals surface area contributed by atoms with E-state index in [0.29, 0.717) is 27.9 Å². The van der Waals surface area contributed by atoms with Gasteiger partial charge in [-0.15, -0.1) is 11.3 Å². The molecule has 2 fully saturated rings. The Morgan fingerprint density at radius 1 is 1.10 bits per heavy atom. The van der Waals surface area contributed by atoms with Gasteiger partial charge in [0.25, 0.3) is 5.91 Å². The fourth-order valence-corrected chi connectivity index (χ4v) is 4.42. The number of nitrogens with zero attached hydrogens (tertiary/aromatic N) is 2. The summed E-state index contributed by atoms with van der Waals surface area (Å²) in [4.78, 5) is 40.3. The summed E-state index contributed by atoms with van der Waals surface area (Å²) in [6, 6.07) is 10.6. The molecule has 1 N–H and O–H groups in total. The number of hydrogen-bond donors (Lipinski definition) is 1. The van der Waals surface area contributed by atoms with Crippen LogP contribution in [0.15, 0.2) is 36.4 Å². The largest absolute Gasteiger partial charge is 0.442 e. The molecular weight excluding hydrogens is 414 g/mol. The quantitative estimate of drug-likeness (QED) is 0.780. The second-order valence-corrected chi connectivity index (χ2v) is 8.66. The van der Waals surface area contributed by atoms with Crippen molar-refractivity contribution in [1.82, 2.24) is 5.32 Å². The summed E-state index contributed by atoms with van der Waals surface area (Å²) in [5.74, 6) is -0.112. The number of thiophene rings is 1. The van der Waals surface area contributed by atoms with Crippen molar-refractivity contribution >= 4 is 52.2 Å². The molecule has 1 aromatic carbocycles. The minimum Gasteiger partial charge on any atom is -0.442 e. The molecule has 7 nitrogen and oxygen atoms in total. The van der Waals surface area contributed by atoms with Crippen molar-refractivity contribution < 1.29 is 19.1 Å². The number of anilines is 2. The SMILES string of the molecule is O=C(NCC1CN(c2ccc(N3CCCCC3=O)cc2)C(=O)O1)c1ccc(Cl)s1. The van der Waals surface area contributed by atoms with Crippen molar-refractivity contribution in [3.8, 4) is 0 Å². The minimum atomic E-state index is -0.454. The van der Waals surface area contributed by atoms with Crippen LogP contribution in [0.5, 0.6) is 0 Å². The number of piperidine rings is 1. The lowest BCUT2D eigenvalue weighted by atomic mass is 10.1. The molecule has 1 aromatic heterocycles. The van der Waals surface area contributed by atoms with E-state index >= 15 is 0 Å². The van der Waals surface area contributed by atoms with Crippen molar-refractivity contribution in [3.63, 3.8) is 0 Å². The molecule has 3 amide bonds. The zero-order valence-corrected chi connectivity index (χ0v) is 17.2. The number of nitrogens with one attached hydrogen (secondary N) is 1. The lowest BCUT2D eigenvalue weighted by Gasteiger charge is -2.27. The van der Waals surface area contributed by atoms with Gasteiger partial charge in [-0.3, -0.25) is 14.5 Å². The van der Waals surface area contributed by atoms with E-state index in [-0.39, 0.29) is 18.4 Å². The molecule has 4 rings (SSSR count). The summed E-state index contributed by atoms with van der Waals surface area (Å²) in [6.07, 6.45) is 1.61. The van der Waals surface area contributed by atoms with Crippen molar-refractivity contribution in [2.45, 2.75) is 25.4 Å². The zero-order chi connectivity index (χ0) is 20.4. The first-order valence-electron chi connectivity index (χ1n) is 9.43. The molecule has 152 valence electrons. The van der Waals surface area contributed by atoms with Crippen molar-refractivity contribution in [3.05, 3.63) is 45.6 Å². The lowest BCUT2D eigenvalue weighted by molar-refractivity contribution is -0.119. The minimum absolute atomic E-state index is 0.132. The van der Waals surface area contributed by atoms with E-state index in [1.807, 2.05) is 24.3 Å². The number of hydrogen-bond acceptors (Lipinski definition) is 5. The van der Waals surface area contributed by atoms with Crippen molar-refractivity contribution in [2.24, 2.45) is 0 Å². The number of ether oxygens (including phenoxy) is 1. The summed E-state index contributed by atoms with van der Waals surface area (Å²) < 4.78 is 5.91. The van der Waals surface area contributed by atoms with E-state index in [1.54, 1.807) is 17.0 Å². The van der Waals surface area contributed by atoms with Crippen LogP contribution in [-0.2, 0) is 9.53 Å². The van der Waals surface area contributed by atoms with Gasteiger partial charge in [0, 0.05) is 24.3 Å². The normalized spacial score (nSPS) is 19.4. The van der Waals surface area contributed by atoms with Gasteiger partial charge in [0.15, 0.2) is 0 Å². The van der Waals surface area contributed by atoms with E-state index in [9.17, 15) is 14.4 Å². The molecule has 2 aliphatic heterocycles. The van der Waals surface area contributed by atoms with Gasteiger partial charge in [-0.2, -0.15) is 0 Å². The third-order valence-electron chi connectivity index (χ3n) is 4.96. The number of amides is 3. The number of cyclic esters (lactones) is 1. The summed E-state index contributed by atoms with van der Waals surface area (Å²) in [6.45, 7) is 1.28. The average Bonchev–Trinajstić information content (AvgIpc) is 3.32. The average molecular weight is 434 g/mol. The van der Waals surface area contributed by atoms with Gasteiger partial charge in [-0.25, -0.2) is 4.79 Å². The molecule has 0 radical (unpaired) electrons. The first-order valence-corrected chi connectivity index (χ1v) is 10.6. The number of halogens is 1. The van der Waals surface area contributed by atoms with Gasteiger partial charge in [0.2, 0.25) is 5.91 Å². The second kappa shape index (κ2) is 8.42. The first-order chi connectivity index (χ1) is 14.0. The molecule has 29 heavy (non-hydrogen) atoms. The molecule has 2 aliphatic rings. The summed E-state index contributed by atoms with van der Waals surface area (Å²) >= 11 is 7.04. The molecule has 2 saturated heterocycles. The Hall–Kier alpha value is -2.58. The van der Waals surface area contributed by atoms with Gasteiger partial charge >= 0.3 is 6.09 Å². The fourth-order valence-electron chi connectivity index (χ4n) is 3.46. The monoisotopic (exact) mass is 433 g/mol. The molecule has 1 atom stereocenters. The third-order valence-corrected chi connectivity index (χ3v) is 6.19. The fraction of sp³-hybridized carbons (Fsp3) is 0.350. The van der Waals surface area contributed by atoms with E-state index in [4.69, 9.17) is 16.3 Å². The molecule has 3 heterocycles. The maximum Gasteiger partial charge on any atom is 0.414 e. The van der Waals surface area contributed by atoms with Crippen molar-refractivity contribution in [2.75, 3.05) is 29.4 Å². The van der Waals surface area contributed by atoms with Crippen LogP contribution in [0.3, 0.4) is 0 Å². The van der Waals surface area contributed by atoms with Gasteiger partial charge in [0.1, 0.15) is 6.10 Å². The molecule has 0 saturated carbocycles. The predicted octanol–water partition coefficient (Wildman–Crippen LogP) is 3.67. The standard InChI is InChI=1S/C20H20ClN3O4S/c21-17-9-8-16(29-17)19(26)22-11-15-12-24(20(27)28-15)14-6-4-13(5-7-14)23-10-2-1-3-18(23)25/h4-9,15H,1-3,10-12H2,(H,22,26). The summed E-state index contributed by atoms with van der Waals surface area (Å²) in [5, 5.41) is 2.77. The maximum absolute atomic E-state index is 12.3. The van der Waals surface area contributed by atoms with Gasteiger partial charge in [0.05, 0.1) is 22.3 Å². The van der Waals surface area contributed by atoms with Crippen LogP contribution in [0.25, 0.3) is 0 Å². The summed E-state index contributed by atoms with van der Waals surface area (Å²) in [5.41, 5.74) is 1.53. The van der Waals surface area contributed by atoms with Crippen molar-refractivity contribution in [1.29, 1.82) is 0 Å². The van der Waals surface area contributed by atoms with Crippen LogP contribution >= 0.6 is 22.9 Å². The molecule has 0 bridgehead atoms. The van der Waals surface area contributed by atoms with Gasteiger partial charge < -0.3 is 15.0 Å². The number of rotatable bonds is 5. The topological polar surface area (TPSA) is 79.0 Å². The Morgan fingerprint density at radius 3 is 2.48 bits per heavy atom. The highest BCUT2D eigenvalue weighted by molar-refractivity contribution is 7.18. The number of benzene rings is 1. The van der Waals surface area contributed by atoms with E-state index < -0.39 is 12.2 Å². The van der Waals surface area contributed by atoms with Gasteiger partial charge in [-0.1, -0.05) is 11.6 Å². The van der Waals surface area contributed by atoms with E-state index in [2.05, 4.69) is 5.32 Å². The Bertz CT molecular complexity index is 930. The van der Waals surface area contributed by atoms with Crippen LogP contribution in [0, 0.1) is 0 Å². The Balaban J connectivity index is 1.35. The molecule has 2 aromatic rings. The highest BCUT2D eigenvalue weighted by atomic mass is 35.5. The van der Waals surface area contributed by atoms with Crippen LogP contribution in [-0.4, -0.2) is 43.6 Å².